The van der Waals surface area contributed by atoms with Gasteiger partial charge in [-0.25, -0.2) is 9.59 Å². The monoisotopic (exact) mass is 504 g/mol. The highest BCUT2D eigenvalue weighted by Gasteiger charge is 2.22. The van der Waals surface area contributed by atoms with Crippen molar-refractivity contribution < 1.29 is 29.0 Å². The summed E-state index contributed by atoms with van der Waals surface area (Å²) in [5, 5.41) is 11.6. The number of nitrogens with one attached hydrogen (secondary N) is 1. The fourth-order valence-corrected chi connectivity index (χ4v) is 3.47. The van der Waals surface area contributed by atoms with E-state index in [1.54, 1.807) is 0 Å². The lowest BCUT2D eigenvalue weighted by Crippen LogP contribution is -2.46. The number of nitrogens with two attached hydrogens (primary N) is 4. The Morgan fingerprint density at radius 2 is 1.34 bits per heavy atom. The molecule has 35 heavy (non-hydrogen) atoms. The summed E-state index contributed by atoms with van der Waals surface area (Å²) in [6.45, 7) is 1.79. The smallest absolute Gasteiger partial charge is 0.450 e. The molecule has 2 amide bonds. The van der Waals surface area contributed by atoms with Crippen LogP contribution in [0.4, 0.5) is 9.59 Å². The molecular weight excluding hydrogens is 456 g/mol. The summed E-state index contributed by atoms with van der Waals surface area (Å²) in [4.78, 5) is 37.5. The second-order valence-corrected chi connectivity index (χ2v) is 8.73. The maximum Gasteiger partial charge on any atom is 0.505 e. The minimum absolute atomic E-state index is 0.0617. The van der Waals surface area contributed by atoms with E-state index < -0.39 is 24.2 Å². The molecule has 0 spiro atoms. The molecule has 0 bridgehead atoms. The van der Waals surface area contributed by atoms with Crippen LogP contribution in [0.15, 0.2) is 0 Å². The van der Waals surface area contributed by atoms with Gasteiger partial charge in [-0.05, 0) is 58.2 Å². The Labute approximate surface area is 209 Å². The molecule has 0 aliphatic rings. The van der Waals surface area contributed by atoms with Crippen LogP contribution in [-0.4, -0.2) is 86.2 Å². The van der Waals surface area contributed by atoms with Gasteiger partial charge in [-0.15, -0.1) is 0 Å². The fourth-order valence-electron chi connectivity index (χ4n) is 3.47. The molecule has 2 atom stereocenters. The van der Waals surface area contributed by atoms with E-state index in [2.05, 4.69) is 10.1 Å². The largest absolute Gasteiger partial charge is 0.505 e. The highest BCUT2D eigenvalue weighted by molar-refractivity contribution is 5.82. The molecule has 0 heterocycles. The van der Waals surface area contributed by atoms with E-state index in [4.69, 9.17) is 32.8 Å². The van der Waals surface area contributed by atoms with Gasteiger partial charge in [0, 0.05) is 12.6 Å². The van der Waals surface area contributed by atoms with Crippen LogP contribution < -0.4 is 28.3 Å². The summed E-state index contributed by atoms with van der Waals surface area (Å²) in [6, 6.07) is -0.798. The van der Waals surface area contributed by atoms with Crippen molar-refractivity contribution in [3.8, 4) is 0 Å². The molecule has 0 fully saturated rings. The van der Waals surface area contributed by atoms with Crippen molar-refractivity contribution in [2.24, 2.45) is 22.9 Å². The number of carbonyl (C=O) groups excluding carboxylic acids is 2. The van der Waals surface area contributed by atoms with Crippen molar-refractivity contribution in [2.45, 2.75) is 82.7 Å². The van der Waals surface area contributed by atoms with Gasteiger partial charge in [-0.1, -0.05) is 32.1 Å². The molecule has 0 saturated heterocycles. The molecule has 0 aliphatic heterocycles. The molecule has 10 N–H and O–H groups in total. The van der Waals surface area contributed by atoms with E-state index in [0.717, 1.165) is 51.4 Å². The van der Waals surface area contributed by atoms with E-state index in [-0.39, 0.29) is 25.8 Å². The van der Waals surface area contributed by atoms with E-state index in [9.17, 15) is 14.4 Å². The van der Waals surface area contributed by atoms with Gasteiger partial charge >= 0.3 is 12.2 Å². The van der Waals surface area contributed by atoms with Crippen LogP contribution in [0.1, 0.15) is 70.6 Å². The minimum Gasteiger partial charge on any atom is -0.450 e. The number of nitrogens with zero attached hydrogens (tertiary/aromatic N) is 1. The first-order chi connectivity index (χ1) is 16.8. The van der Waals surface area contributed by atoms with Gasteiger partial charge in [0.2, 0.25) is 5.91 Å². The lowest BCUT2D eigenvalue weighted by molar-refractivity contribution is -0.123. The predicted octanol–water partition coefficient (Wildman–Crippen LogP) is 1.10. The number of hydrogen-bond acceptors (Lipinski definition) is 9. The molecule has 12 heteroatoms. The van der Waals surface area contributed by atoms with Gasteiger partial charge < -0.3 is 42.8 Å². The zero-order valence-electron chi connectivity index (χ0n) is 21.1. The Morgan fingerprint density at radius 1 is 0.771 bits per heavy atom. The standard InChI is InChI=1S/C23H48N6O6/c24-12-6-2-1-3-9-15-29(22(31)34-17-19(27)10-4-7-13-25)16-21(30)28-20(11-5-8-14-26)18-35-23(32)33/h19-20H,1-18,24-27H2,(H,28,30)(H,32,33)/t19-,20-/m1/s1. The molecule has 0 aromatic rings. The van der Waals surface area contributed by atoms with Gasteiger partial charge in [-0.3, -0.25) is 9.69 Å². The number of unbranched alkanes of at least 4 members (excludes halogenated alkanes) is 6. The Kier molecular flexibility index (Phi) is 21.0. The topological polar surface area (TPSA) is 209 Å². The third kappa shape index (κ3) is 19.8. The van der Waals surface area contributed by atoms with Crippen LogP contribution in [-0.2, 0) is 14.3 Å². The first-order valence-corrected chi connectivity index (χ1v) is 12.8. The highest BCUT2D eigenvalue weighted by atomic mass is 16.7. The van der Waals surface area contributed by atoms with Crippen molar-refractivity contribution in [1.82, 2.24) is 10.2 Å². The summed E-state index contributed by atoms with van der Waals surface area (Å²) < 4.78 is 10.0. The maximum absolute atomic E-state index is 12.7. The number of carbonyl (C=O) groups is 3. The first kappa shape index (κ1) is 32.8. The van der Waals surface area contributed by atoms with Crippen LogP contribution in [0.3, 0.4) is 0 Å². The number of carboxylic acid groups (broad SMARTS) is 1. The first-order valence-electron chi connectivity index (χ1n) is 12.8. The van der Waals surface area contributed by atoms with Crippen molar-refractivity contribution in [1.29, 1.82) is 0 Å². The molecule has 12 nitrogen and oxygen atoms in total. The Bertz CT molecular complexity index is 569. The predicted molar refractivity (Wildman–Crippen MR) is 135 cm³/mol. The van der Waals surface area contributed by atoms with Crippen molar-refractivity contribution in [3.63, 3.8) is 0 Å². The Hall–Kier alpha value is -2.15. The second-order valence-electron chi connectivity index (χ2n) is 8.73. The van der Waals surface area contributed by atoms with E-state index in [1.165, 1.54) is 4.90 Å². The zero-order valence-corrected chi connectivity index (χ0v) is 21.1. The molecule has 0 aromatic carbocycles. The summed E-state index contributed by atoms with van der Waals surface area (Å²) >= 11 is 0. The molecule has 0 aliphatic carbocycles. The second kappa shape index (κ2) is 22.3. The molecule has 0 unspecified atom stereocenters. The summed E-state index contributed by atoms with van der Waals surface area (Å²) in [5.41, 5.74) is 22.5. The summed E-state index contributed by atoms with van der Waals surface area (Å²) in [7, 11) is 0. The van der Waals surface area contributed by atoms with E-state index in [1.807, 2.05) is 0 Å². The average molecular weight is 505 g/mol. The van der Waals surface area contributed by atoms with Crippen LogP contribution >= 0.6 is 0 Å². The number of amides is 2. The van der Waals surface area contributed by atoms with Crippen LogP contribution in [0.25, 0.3) is 0 Å². The SMILES string of the molecule is NCCCCCCCN(CC(=O)N[C@H](CCCCN)COC(=O)O)C(=O)OC[C@H](N)CCCCN. The fraction of sp³-hybridized carbons (Fsp3) is 0.870. The van der Waals surface area contributed by atoms with Crippen LogP contribution in [0.5, 0.6) is 0 Å². The normalized spacial score (nSPS) is 12.6. The maximum atomic E-state index is 12.7. The van der Waals surface area contributed by atoms with Crippen molar-refractivity contribution >= 4 is 18.2 Å². The highest BCUT2D eigenvalue weighted by Crippen LogP contribution is 2.07. The van der Waals surface area contributed by atoms with Gasteiger partial charge in [0.25, 0.3) is 0 Å². The lowest BCUT2D eigenvalue weighted by Gasteiger charge is -2.24. The zero-order chi connectivity index (χ0) is 26.3. The quantitative estimate of drug-likeness (QED) is 0.0912. The number of hydrogen-bond donors (Lipinski definition) is 6. The third-order valence-electron chi connectivity index (χ3n) is 5.45. The van der Waals surface area contributed by atoms with Crippen LogP contribution in [0, 0.1) is 0 Å². The molecule has 0 rings (SSSR count). The molecular formula is C23H48N6O6. The molecule has 206 valence electrons. The molecule has 0 aromatic heterocycles. The summed E-state index contributed by atoms with van der Waals surface area (Å²) in [6.07, 6.45) is 6.96. The third-order valence-corrected chi connectivity index (χ3v) is 5.45. The van der Waals surface area contributed by atoms with Gasteiger partial charge in [0.1, 0.15) is 19.8 Å². The van der Waals surface area contributed by atoms with Gasteiger partial charge in [0.05, 0.1) is 6.04 Å². The molecule has 0 saturated carbocycles. The molecule has 0 radical (unpaired) electrons. The number of ether oxygens (including phenoxy) is 2. The Balaban J connectivity index is 4.88. The van der Waals surface area contributed by atoms with Crippen molar-refractivity contribution in [3.05, 3.63) is 0 Å². The average Bonchev–Trinajstić information content (AvgIpc) is 2.82. The van der Waals surface area contributed by atoms with Crippen LogP contribution in [0.2, 0.25) is 0 Å². The van der Waals surface area contributed by atoms with E-state index in [0.29, 0.717) is 45.4 Å². The lowest BCUT2D eigenvalue weighted by atomic mass is 10.1. The summed E-state index contributed by atoms with van der Waals surface area (Å²) in [5.74, 6) is -0.413. The number of rotatable bonds is 22. The van der Waals surface area contributed by atoms with Gasteiger partial charge in [-0.2, -0.15) is 0 Å². The minimum atomic E-state index is -1.41. The van der Waals surface area contributed by atoms with Crippen molar-refractivity contribution in [2.75, 3.05) is 45.9 Å². The van der Waals surface area contributed by atoms with Gasteiger partial charge in [0.15, 0.2) is 0 Å². The Morgan fingerprint density at radius 3 is 1.97 bits per heavy atom. The van der Waals surface area contributed by atoms with E-state index >= 15 is 0 Å².